The summed E-state index contributed by atoms with van der Waals surface area (Å²) >= 11 is 0. The van der Waals surface area contributed by atoms with Gasteiger partial charge in [0, 0.05) is 30.7 Å². The number of hydrogen-bond acceptors (Lipinski definition) is 17. The summed E-state index contributed by atoms with van der Waals surface area (Å²) in [5.74, 6) is -0.212. The lowest BCUT2D eigenvalue weighted by molar-refractivity contribution is -0.527. The summed E-state index contributed by atoms with van der Waals surface area (Å²) in [5.41, 5.74) is 0. The minimum absolute atomic E-state index is 0.000289. The summed E-state index contributed by atoms with van der Waals surface area (Å²) in [4.78, 5) is 22.8. The van der Waals surface area contributed by atoms with E-state index in [0.717, 1.165) is 0 Å². The molecule has 3 fully saturated rings. The van der Waals surface area contributed by atoms with Crippen molar-refractivity contribution >= 4 is 5.91 Å². The van der Waals surface area contributed by atoms with Crippen LogP contribution in [-0.2, 0) is 28.5 Å². The summed E-state index contributed by atoms with van der Waals surface area (Å²) < 4.78 is 28.1. The number of ether oxygens (including phenoxy) is 5. The van der Waals surface area contributed by atoms with Crippen molar-refractivity contribution in [2.45, 2.75) is 151 Å². The monoisotopic (exact) mass is 699 g/mol. The van der Waals surface area contributed by atoms with Gasteiger partial charge in [-0.3, -0.25) is 20.2 Å². The van der Waals surface area contributed by atoms with Crippen molar-refractivity contribution in [1.29, 1.82) is 0 Å². The Morgan fingerprint density at radius 2 is 1.56 bits per heavy atom. The van der Waals surface area contributed by atoms with Gasteiger partial charge in [-0.25, -0.2) is 0 Å². The number of rotatable bonds is 19. The van der Waals surface area contributed by atoms with E-state index in [1.165, 1.54) is 6.92 Å². The number of amides is 1. The first-order chi connectivity index (χ1) is 22.9. The minimum Gasteiger partial charge on any atom is -0.394 e. The highest BCUT2D eigenvalue weighted by atomic mass is 16.7. The molecule has 1 saturated carbocycles. The summed E-state index contributed by atoms with van der Waals surface area (Å²) in [6, 6.07) is -1.79. The van der Waals surface area contributed by atoms with Crippen LogP contribution < -0.4 is 10.6 Å². The molecule has 12 atom stereocenters. The van der Waals surface area contributed by atoms with Crippen molar-refractivity contribution in [1.82, 2.24) is 10.6 Å². The molecule has 2 heterocycles. The average molecular weight is 700 g/mol. The minimum atomic E-state index is -1.62. The Bertz CT molecular complexity index is 959. The standard InChI is InChI=1S/C29H53N3O16/c1-15(35)31-22-25(40)23(38)18(13-33)46-28(22)48-27-24(39)19(14-34)47-29(26(27)41)44-12-4-11-30-20(36)5-2-3-6-21(37)45-17-9-7-16(8-10-17)32(42)43/h15-19,21-29,31,33-35,37-41H,2-14H2,1H3,(H,30,36)/t15?,16?,17?,18?,19?,21?,22?,23-,24-,25?,26?,27?,28+,29+/m0/s1. The fourth-order valence-corrected chi connectivity index (χ4v) is 6.04. The normalized spacial score (nSPS) is 37.1. The van der Waals surface area contributed by atoms with Crippen LogP contribution in [0, 0.1) is 10.1 Å². The molecule has 2 aliphatic heterocycles. The first-order valence-electron chi connectivity index (χ1n) is 16.6. The number of unbranched alkanes of at least 4 members (excludes halogenated alkanes) is 1. The Balaban J connectivity index is 1.37. The van der Waals surface area contributed by atoms with Crippen LogP contribution in [0.2, 0.25) is 0 Å². The lowest BCUT2D eigenvalue weighted by Crippen LogP contribution is -2.68. The van der Waals surface area contributed by atoms with Crippen LogP contribution in [-0.4, -0.2) is 164 Å². The molecule has 0 spiro atoms. The molecule has 1 amide bonds. The summed E-state index contributed by atoms with van der Waals surface area (Å²) in [6.07, 6.45) is -11.7. The van der Waals surface area contributed by atoms with E-state index in [-0.39, 0.29) is 36.5 Å². The Kier molecular flexibility index (Phi) is 17.2. The highest BCUT2D eigenvalue weighted by molar-refractivity contribution is 5.75. The largest absolute Gasteiger partial charge is 0.394 e. The molecule has 0 radical (unpaired) electrons. The highest BCUT2D eigenvalue weighted by Gasteiger charge is 2.51. The summed E-state index contributed by atoms with van der Waals surface area (Å²) in [7, 11) is 0. The third-order valence-electron chi connectivity index (χ3n) is 8.75. The third kappa shape index (κ3) is 12.0. The van der Waals surface area contributed by atoms with Crippen LogP contribution in [0.25, 0.3) is 0 Å². The molecule has 48 heavy (non-hydrogen) atoms. The second-order valence-corrected chi connectivity index (χ2v) is 12.5. The van der Waals surface area contributed by atoms with Crippen LogP contribution in [0.5, 0.6) is 0 Å². The topological polar surface area (TPSA) is 292 Å². The Morgan fingerprint density at radius 3 is 2.19 bits per heavy atom. The zero-order valence-corrected chi connectivity index (χ0v) is 27.1. The van der Waals surface area contributed by atoms with Crippen molar-refractivity contribution in [2.75, 3.05) is 26.4 Å². The van der Waals surface area contributed by atoms with Crippen molar-refractivity contribution < 1.29 is 74.3 Å². The Hall–Kier alpha value is -1.69. The second-order valence-electron chi connectivity index (χ2n) is 12.5. The molecular weight excluding hydrogens is 646 g/mol. The Labute approximate surface area is 278 Å². The number of aliphatic hydroxyl groups excluding tert-OH is 8. The molecule has 1 aliphatic carbocycles. The maximum atomic E-state index is 12.2. The molecule has 0 aromatic rings. The van der Waals surface area contributed by atoms with Crippen LogP contribution in [0.3, 0.4) is 0 Å². The number of carbonyl (C=O) groups is 1. The van der Waals surface area contributed by atoms with Gasteiger partial charge in [0.15, 0.2) is 18.9 Å². The molecule has 10 N–H and O–H groups in total. The van der Waals surface area contributed by atoms with E-state index in [9.17, 15) is 55.8 Å². The average Bonchev–Trinajstić information content (AvgIpc) is 3.05. The molecule has 0 bridgehead atoms. The maximum absolute atomic E-state index is 12.2. The molecule has 280 valence electrons. The SMILES string of the molecule is CC(O)NC1C(O)[C@@H](O)C(CO)O[C@@H]1OC1C(O)[C@H](OCCCNC(=O)CCCCC(O)OC2CCC([N+](=O)[O-])CC2)OC(CO)[C@@H]1O. The van der Waals surface area contributed by atoms with Crippen LogP contribution in [0.4, 0.5) is 0 Å². The maximum Gasteiger partial charge on any atom is 0.219 e. The molecule has 3 rings (SSSR count). The summed E-state index contributed by atoms with van der Waals surface area (Å²) in [5, 5.41) is 97.9. The smallest absolute Gasteiger partial charge is 0.219 e. The molecule has 19 nitrogen and oxygen atoms in total. The van der Waals surface area contributed by atoms with Gasteiger partial charge in [-0.05, 0) is 45.4 Å². The van der Waals surface area contributed by atoms with Gasteiger partial charge in [-0.2, -0.15) is 0 Å². The van der Waals surface area contributed by atoms with Gasteiger partial charge in [0.1, 0.15) is 49.0 Å². The first-order valence-corrected chi connectivity index (χ1v) is 16.6. The van der Waals surface area contributed by atoms with Gasteiger partial charge in [-0.15, -0.1) is 0 Å². The number of nitrogens with one attached hydrogen (secondary N) is 2. The summed E-state index contributed by atoms with van der Waals surface area (Å²) in [6.45, 7) is 0.229. The number of nitro groups is 1. The van der Waals surface area contributed by atoms with Crippen LogP contribution >= 0.6 is 0 Å². The highest BCUT2D eigenvalue weighted by Crippen LogP contribution is 2.30. The fourth-order valence-electron chi connectivity index (χ4n) is 6.04. The van der Waals surface area contributed by atoms with Crippen LogP contribution in [0.1, 0.15) is 64.7 Å². The predicted molar refractivity (Wildman–Crippen MR) is 161 cm³/mol. The van der Waals surface area contributed by atoms with Crippen molar-refractivity contribution in [3.63, 3.8) is 0 Å². The van der Waals surface area contributed by atoms with Gasteiger partial charge in [0.05, 0.1) is 32.0 Å². The van der Waals surface area contributed by atoms with Crippen molar-refractivity contribution in [3.05, 3.63) is 10.1 Å². The van der Waals surface area contributed by atoms with Gasteiger partial charge < -0.3 is 69.9 Å². The predicted octanol–water partition coefficient (Wildman–Crippen LogP) is -3.45. The number of aliphatic hydroxyl groups is 8. The van der Waals surface area contributed by atoms with Crippen molar-refractivity contribution in [3.8, 4) is 0 Å². The third-order valence-corrected chi connectivity index (χ3v) is 8.75. The molecule has 19 heteroatoms. The fraction of sp³-hybridized carbons (Fsp3) is 0.966. The number of carbonyl (C=O) groups excluding carboxylic acids is 1. The molecule has 0 aromatic carbocycles. The number of nitrogens with zero attached hydrogens (tertiary/aromatic N) is 1. The molecular formula is C29H53N3O16. The lowest BCUT2D eigenvalue weighted by atomic mass is 9.93. The molecule has 0 aromatic heterocycles. The van der Waals surface area contributed by atoms with Gasteiger partial charge >= 0.3 is 0 Å². The molecule has 3 aliphatic rings. The lowest BCUT2D eigenvalue weighted by Gasteiger charge is -2.47. The van der Waals surface area contributed by atoms with Gasteiger partial charge in [0.2, 0.25) is 11.9 Å². The number of hydrogen-bond donors (Lipinski definition) is 10. The quantitative estimate of drug-likeness (QED) is 0.0271. The second kappa shape index (κ2) is 20.2. The van der Waals surface area contributed by atoms with E-state index in [2.05, 4.69) is 10.6 Å². The van der Waals surface area contributed by atoms with E-state index in [4.69, 9.17) is 23.7 Å². The zero-order chi connectivity index (χ0) is 35.4. The van der Waals surface area contributed by atoms with E-state index >= 15 is 0 Å². The van der Waals surface area contributed by atoms with Crippen LogP contribution in [0.15, 0.2) is 0 Å². The van der Waals surface area contributed by atoms with Crippen molar-refractivity contribution in [2.24, 2.45) is 0 Å². The first kappa shape index (κ1) is 40.7. The van der Waals surface area contributed by atoms with E-state index in [1.807, 2.05) is 0 Å². The van der Waals surface area contributed by atoms with E-state index < -0.39 is 93.1 Å². The van der Waals surface area contributed by atoms with Gasteiger partial charge in [0.25, 0.3) is 0 Å². The zero-order valence-electron chi connectivity index (χ0n) is 27.1. The van der Waals surface area contributed by atoms with Gasteiger partial charge in [-0.1, -0.05) is 0 Å². The molecule has 8 unspecified atom stereocenters. The Morgan fingerprint density at radius 1 is 0.917 bits per heavy atom. The van der Waals surface area contributed by atoms with E-state index in [1.54, 1.807) is 0 Å². The van der Waals surface area contributed by atoms with E-state index in [0.29, 0.717) is 51.4 Å². The molecule has 2 saturated heterocycles.